The van der Waals surface area contributed by atoms with Gasteiger partial charge < -0.3 is 5.11 Å². The van der Waals surface area contributed by atoms with E-state index in [1.165, 1.54) is 19.3 Å². The number of carbonyl (C=O) groups excluding carboxylic acids is 1. The molecule has 6 nitrogen and oxygen atoms in total. The van der Waals surface area contributed by atoms with Crippen LogP contribution in [0.25, 0.3) is 17.2 Å². The molecule has 0 unspecified atom stereocenters. The van der Waals surface area contributed by atoms with Gasteiger partial charge in [0.2, 0.25) is 11.6 Å². The Bertz CT molecular complexity index is 1170. The van der Waals surface area contributed by atoms with Crippen LogP contribution in [0.3, 0.4) is 0 Å². The lowest BCUT2D eigenvalue weighted by Gasteiger charge is -2.19. The van der Waals surface area contributed by atoms with Crippen LogP contribution in [0.4, 0.5) is 0 Å². The van der Waals surface area contributed by atoms with Crippen LogP contribution in [0.5, 0.6) is 0 Å². The molecular weight excluding hydrogens is 426 g/mol. The van der Waals surface area contributed by atoms with Crippen molar-refractivity contribution >= 4 is 17.8 Å². The van der Waals surface area contributed by atoms with Gasteiger partial charge in [0.15, 0.2) is 5.82 Å². The molecule has 3 aromatic rings. The first kappa shape index (κ1) is 23.6. The minimum absolute atomic E-state index is 0.0254. The van der Waals surface area contributed by atoms with E-state index in [4.69, 9.17) is 0 Å². The summed E-state index contributed by atoms with van der Waals surface area (Å²) in [5.74, 6) is 0.504. The molecule has 1 heterocycles. The van der Waals surface area contributed by atoms with E-state index in [1.54, 1.807) is 16.8 Å². The lowest BCUT2D eigenvalue weighted by atomic mass is 9.86. The van der Waals surface area contributed by atoms with Crippen LogP contribution < -0.4 is 0 Å². The molecule has 176 valence electrons. The third kappa shape index (κ3) is 5.68. The summed E-state index contributed by atoms with van der Waals surface area (Å²) in [5.41, 5.74) is 2.80. The van der Waals surface area contributed by atoms with Gasteiger partial charge in [-0.05, 0) is 41.2 Å². The number of aromatic nitrogens is 3. The highest BCUT2D eigenvalue weighted by Gasteiger charge is 2.22. The first-order valence-corrected chi connectivity index (χ1v) is 12.1. The molecule has 0 bridgehead atoms. The van der Waals surface area contributed by atoms with Crippen molar-refractivity contribution in [3.63, 3.8) is 0 Å². The number of rotatable bonds is 9. The molecule has 0 spiro atoms. The van der Waals surface area contributed by atoms with Gasteiger partial charge >= 0.3 is 5.97 Å². The van der Waals surface area contributed by atoms with Crippen LogP contribution in [0.1, 0.15) is 84.2 Å². The van der Waals surface area contributed by atoms with Gasteiger partial charge in [0, 0.05) is 6.42 Å². The predicted octanol–water partition coefficient (Wildman–Crippen LogP) is 6.27. The average molecular weight is 458 g/mol. The average Bonchev–Trinajstić information content (AvgIpc) is 3.26. The molecule has 1 saturated carbocycles. The lowest BCUT2D eigenvalue weighted by molar-refractivity contribution is 0.0697. The van der Waals surface area contributed by atoms with Gasteiger partial charge in [-0.15, -0.1) is 5.10 Å². The Morgan fingerprint density at radius 3 is 2.50 bits per heavy atom. The molecule has 0 amide bonds. The van der Waals surface area contributed by atoms with E-state index in [9.17, 15) is 14.7 Å². The van der Waals surface area contributed by atoms with E-state index in [0.717, 1.165) is 30.4 Å². The number of benzene rings is 2. The Morgan fingerprint density at radius 2 is 1.79 bits per heavy atom. The molecule has 1 aliphatic carbocycles. The van der Waals surface area contributed by atoms with Crippen molar-refractivity contribution in [1.82, 2.24) is 14.8 Å². The van der Waals surface area contributed by atoms with Gasteiger partial charge in [-0.1, -0.05) is 87.6 Å². The molecule has 34 heavy (non-hydrogen) atoms. The first-order chi connectivity index (χ1) is 16.5. The fourth-order valence-electron chi connectivity index (χ4n) is 4.56. The quantitative estimate of drug-likeness (QED) is 0.383. The second-order valence-corrected chi connectivity index (χ2v) is 8.94. The summed E-state index contributed by atoms with van der Waals surface area (Å²) < 4.78 is 1.78. The lowest BCUT2D eigenvalue weighted by Crippen LogP contribution is -2.13. The van der Waals surface area contributed by atoms with E-state index < -0.39 is 5.97 Å². The Labute approximate surface area is 200 Å². The summed E-state index contributed by atoms with van der Waals surface area (Å²) in [6, 6.07) is 14.8. The number of carbonyl (C=O) groups is 2. The van der Waals surface area contributed by atoms with Gasteiger partial charge in [-0.25, -0.2) is 14.5 Å². The number of nitrogens with zero attached hydrogens (tertiary/aromatic N) is 3. The largest absolute Gasteiger partial charge is 0.478 e. The van der Waals surface area contributed by atoms with Gasteiger partial charge in [0.25, 0.3) is 0 Å². The summed E-state index contributed by atoms with van der Waals surface area (Å²) in [4.78, 5) is 29.0. The molecule has 0 atom stereocenters. The monoisotopic (exact) mass is 457 g/mol. The highest BCUT2D eigenvalue weighted by atomic mass is 16.4. The summed E-state index contributed by atoms with van der Waals surface area (Å²) in [6.07, 6.45) is 11.2. The maximum absolute atomic E-state index is 12.9. The number of Topliss-reactive ketones (excluding diaryl/α,β-unsaturated/α-hetero) is 1. The van der Waals surface area contributed by atoms with Crippen LogP contribution in [0, 0.1) is 5.92 Å². The van der Waals surface area contributed by atoms with Gasteiger partial charge in [-0.3, -0.25) is 4.79 Å². The first-order valence-electron chi connectivity index (χ1n) is 12.1. The molecule has 1 aliphatic rings. The number of ketones is 1. The highest BCUT2D eigenvalue weighted by Crippen LogP contribution is 2.27. The van der Waals surface area contributed by atoms with Crippen LogP contribution in [-0.2, 0) is 6.54 Å². The summed E-state index contributed by atoms with van der Waals surface area (Å²) in [6.45, 7) is 2.54. The number of hydrogen-bond donors (Lipinski definition) is 1. The van der Waals surface area contributed by atoms with Crippen molar-refractivity contribution in [1.29, 1.82) is 0 Å². The second-order valence-electron chi connectivity index (χ2n) is 8.94. The zero-order chi connectivity index (χ0) is 23.9. The summed E-state index contributed by atoms with van der Waals surface area (Å²) >= 11 is 0. The SMILES string of the molecule is CC/C=C/c1nc(C(=O)CC2CCCCC2)nn1Cc1ccc(-c2ccccc2C(=O)O)cc1. The zero-order valence-electron chi connectivity index (χ0n) is 19.6. The van der Waals surface area contributed by atoms with Crippen molar-refractivity contribution in [3.8, 4) is 11.1 Å². The molecule has 1 N–H and O–H groups in total. The van der Waals surface area contributed by atoms with E-state index >= 15 is 0 Å². The Morgan fingerprint density at radius 1 is 1.06 bits per heavy atom. The van der Waals surface area contributed by atoms with Crippen LogP contribution in [0.2, 0.25) is 0 Å². The molecule has 2 aromatic carbocycles. The van der Waals surface area contributed by atoms with Crippen LogP contribution in [-0.4, -0.2) is 31.6 Å². The fraction of sp³-hybridized carbons (Fsp3) is 0.357. The zero-order valence-corrected chi connectivity index (χ0v) is 19.6. The van der Waals surface area contributed by atoms with Crippen LogP contribution in [0.15, 0.2) is 54.6 Å². The number of carboxylic acids is 1. The molecule has 0 aliphatic heterocycles. The number of aromatic carboxylic acids is 1. The molecular formula is C28H31N3O3. The van der Waals surface area contributed by atoms with Crippen molar-refractivity contribution in [3.05, 3.63) is 77.4 Å². The molecule has 0 radical (unpaired) electrons. The van der Waals surface area contributed by atoms with Gasteiger partial charge in [-0.2, -0.15) is 0 Å². The van der Waals surface area contributed by atoms with E-state index in [-0.39, 0.29) is 11.3 Å². The van der Waals surface area contributed by atoms with Crippen molar-refractivity contribution in [2.75, 3.05) is 0 Å². The number of allylic oxidation sites excluding steroid dienone is 1. The van der Waals surface area contributed by atoms with Crippen molar-refractivity contribution in [2.24, 2.45) is 5.92 Å². The molecule has 4 rings (SSSR count). The second kappa shape index (κ2) is 11.1. The standard InChI is InChI=1S/C28H31N3O3/c1-2-3-13-26-29-27(25(32)18-20-9-5-4-6-10-20)30-31(26)19-21-14-16-22(17-15-21)23-11-7-8-12-24(23)28(33)34/h3,7-8,11-17,20H,2,4-6,9-10,18-19H2,1H3,(H,33,34)/b13-3+. The van der Waals surface area contributed by atoms with Gasteiger partial charge in [0.05, 0.1) is 12.1 Å². The van der Waals surface area contributed by atoms with Gasteiger partial charge in [0.1, 0.15) is 0 Å². The van der Waals surface area contributed by atoms with E-state index in [1.807, 2.05) is 48.6 Å². The Balaban J connectivity index is 1.54. The predicted molar refractivity (Wildman–Crippen MR) is 133 cm³/mol. The summed E-state index contributed by atoms with van der Waals surface area (Å²) in [7, 11) is 0. The van der Waals surface area contributed by atoms with E-state index in [2.05, 4.69) is 17.0 Å². The van der Waals surface area contributed by atoms with Crippen LogP contribution >= 0.6 is 0 Å². The van der Waals surface area contributed by atoms with E-state index in [0.29, 0.717) is 36.1 Å². The Kier molecular flexibility index (Phi) is 7.68. The molecule has 6 heteroatoms. The molecule has 1 fully saturated rings. The molecule has 1 aromatic heterocycles. The topological polar surface area (TPSA) is 85.1 Å². The highest BCUT2D eigenvalue weighted by molar-refractivity contribution is 5.96. The smallest absolute Gasteiger partial charge is 0.336 e. The van der Waals surface area contributed by atoms with Crippen molar-refractivity contribution < 1.29 is 14.7 Å². The minimum Gasteiger partial charge on any atom is -0.478 e. The molecule has 0 saturated heterocycles. The third-order valence-electron chi connectivity index (χ3n) is 6.41. The maximum Gasteiger partial charge on any atom is 0.336 e. The maximum atomic E-state index is 12.9. The minimum atomic E-state index is -0.944. The normalized spacial score (nSPS) is 14.5. The fourth-order valence-corrected chi connectivity index (χ4v) is 4.56. The number of hydrogen-bond acceptors (Lipinski definition) is 4. The Hall–Kier alpha value is -3.54. The number of carboxylic acid groups (broad SMARTS) is 1. The summed E-state index contributed by atoms with van der Waals surface area (Å²) in [5, 5.41) is 14.0. The van der Waals surface area contributed by atoms with Crippen molar-refractivity contribution in [2.45, 2.75) is 58.4 Å². The third-order valence-corrected chi connectivity index (χ3v) is 6.41.